The van der Waals surface area contributed by atoms with Crippen molar-refractivity contribution in [2.45, 2.75) is 45.9 Å². The van der Waals surface area contributed by atoms with Crippen molar-refractivity contribution in [1.82, 2.24) is 9.78 Å². The van der Waals surface area contributed by atoms with Crippen molar-refractivity contribution >= 4 is 0 Å². The molecule has 1 heterocycles. The molecular formula is C11H21N3O. The lowest BCUT2D eigenvalue weighted by Crippen LogP contribution is -2.28. The largest absolute Gasteiger partial charge is 0.377 e. The van der Waals surface area contributed by atoms with E-state index in [2.05, 4.69) is 18.9 Å². The van der Waals surface area contributed by atoms with E-state index in [1.165, 1.54) is 0 Å². The van der Waals surface area contributed by atoms with Gasteiger partial charge in [-0.3, -0.25) is 4.68 Å². The second-order valence-electron chi connectivity index (χ2n) is 3.56. The van der Waals surface area contributed by atoms with Crippen molar-refractivity contribution in [2.75, 3.05) is 6.61 Å². The number of nitrogens with two attached hydrogens (primary N) is 1. The number of nitrogens with zero attached hydrogens (tertiary/aromatic N) is 2. The molecule has 0 aliphatic carbocycles. The highest BCUT2D eigenvalue weighted by Crippen LogP contribution is 2.18. The Morgan fingerprint density at radius 3 is 2.67 bits per heavy atom. The fourth-order valence-corrected chi connectivity index (χ4v) is 1.63. The van der Waals surface area contributed by atoms with E-state index in [4.69, 9.17) is 10.5 Å². The third kappa shape index (κ3) is 3.04. The normalized spacial score (nSPS) is 15.2. The number of aromatic nitrogens is 2. The number of aryl methyl sites for hydroxylation is 1. The molecule has 1 aromatic heterocycles. The van der Waals surface area contributed by atoms with Gasteiger partial charge in [-0.2, -0.15) is 5.10 Å². The molecule has 0 amide bonds. The molecule has 2 unspecified atom stereocenters. The first-order chi connectivity index (χ1) is 7.22. The summed E-state index contributed by atoms with van der Waals surface area (Å²) in [6, 6.07) is -0.0738. The van der Waals surface area contributed by atoms with E-state index in [9.17, 15) is 0 Å². The number of rotatable bonds is 6. The summed E-state index contributed by atoms with van der Waals surface area (Å²) in [5.41, 5.74) is 7.18. The SMILES string of the molecule is CCOC(CC)C(N)c1cnn(CC)c1. The van der Waals surface area contributed by atoms with Gasteiger partial charge in [0.1, 0.15) is 0 Å². The van der Waals surface area contributed by atoms with Crippen molar-refractivity contribution in [2.24, 2.45) is 5.73 Å². The molecule has 0 aromatic carbocycles. The summed E-state index contributed by atoms with van der Waals surface area (Å²) in [5.74, 6) is 0. The molecular weight excluding hydrogens is 190 g/mol. The van der Waals surface area contributed by atoms with Crippen molar-refractivity contribution < 1.29 is 4.74 Å². The number of hydrogen-bond donors (Lipinski definition) is 1. The van der Waals surface area contributed by atoms with Gasteiger partial charge in [0.25, 0.3) is 0 Å². The van der Waals surface area contributed by atoms with Crippen LogP contribution in [0.15, 0.2) is 12.4 Å². The van der Waals surface area contributed by atoms with E-state index in [1.54, 1.807) is 0 Å². The summed E-state index contributed by atoms with van der Waals surface area (Å²) in [6.07, 6.45) is 4.83. The van der Waals surface area contributed by atoms with E-state index in [0.29, 0.717) is 6.61 Å². The molecule has 4 nitrogen and oxygen atoms in total. The zero-order valence-corrected chi connectivity index (χ0v) is 9.81. The Kier molecular flexibility index (Phi) is 4.78. The molecule has 15 heavy (non-hydrogen) atoms. The van der Waals surface area contributed by atoms with E-state index in [0.717, 1.165) is 18.5 Å². The Morgan fingerprint density at radius 1 is 1.47 bits per heavy atom. The van der Waals surface area contributed by atoms with E-state index >= 15 is 0 Å². The first kappa shape index (κ1) is 12.2. The highest BCUT2D eigenvalue weighted by molar-refractivity contribution is 5.11. The van der Waals surface area contributed by atoms with Crippen LogP contribution in [0.1, 0.15) is 38.8 Å². The predicted octanol–water partition coefficient (Wildman–Crippen LogP) is 1.72. The third-order valence-electron chi connectivity index (χ3n) is 2.55. The van der Waals surface area contributed by atoms with Crippen LogP contribution in [0.5, 0.6) is 0 Å². The van der Waals surface area contributed by atoms with Gasteiger partial charge in [0.05, 0.1) is 18.3 Å². The summed E-state index contributed by atoms with van der Waals surface area (Å²) in [6.45, 7) is 7.71. The lowest BCUT2D eigenvalue weighted by molar-refractivity contribution is 0.0413. The second kappa shape index (κ2) is 5.88. The molecule has 0 saturated heterocycles. The summed E-state index contributed by atoms with van der Waals surface area (Å²) < 4.78 is 7.47. The van der Waals surface area contributed by atoms with Crippen molar-refractivity contribution in [3.63, 3.8) is 0 Å². The van der Waals surface area contributed by atoms with E-state index in [1.807, 2.05) is 24.0 Å². The molecule has 2 atom stereocenters. The maximum absolute atomic E-state index is 6.13. The zero-order valence-electron chi connectivity index (χ0n) is 9.81. The van der Waals surface area contributed by atoms with Crippen molar-refractivity contribution in [3.8, 4) is 0 Å². The standard InChI is InChI=1S/C11H21N3O/c1-4-10(15-6-3)11(12)9-7-13-14(5-2)8-9/h7-8,10-11H,4-6,12H2,1-3H3. The van der Waals surface area contributed by atoms with Gasteiger partial charge in [-0.1, -0.05) is 6.92 Å². The van der Waals surface area contributed by atoms with Crippen molar-refractivity contribution in [3.05, 3.63) is 18.0 Å². The molecule has 0 fully saturated rings. The van der Waals surface area contributed by atoms with Crippen LogP contribution in [0.2, 0.25) is 0 Å². The van der Waals surface area contributed by atoms with E-state index < -0.39 is 0 Å². The molecule has 2 N–H and O–H groups in total. The fraction of sp³-hybridized carbons (Fsp3) is 0.727. The summed E-state index contributed by atoms with van der Waals surface area (Å²) in [7, 11) is 0. The van der Waals surface area contributed by atoms with Gasteiger partial charge in [-0.05, 0) is 20.3 Å². The fourth-order valence-electron chi connectivity index (χ4n) is 1.63. The lowest BCUT2D eigenvalue weighted by atomic mass is 10.0. The van der Waals surface area contributed by atoms with Crippen LogP contribution in [0.4, 0.5) is 0 Å². The van der Waals surface area contributed by atoms with Gasteiger partial charge in [0.2, 0.25) is 0 Å². The molecule has 0 spiro atoms. The van der Waals surface area contributed by atoms with Gasteiger partial charge < -0.3 is 10.5 Å². The minimum absolute atomic E-state index is 0.0738. The van der Waals surface area contributed by atoms with Gasteiger partial charge >= 0.3 is 0 Å². The predicted molar refractivity (Wildman–Crippen MR) is 60.5 cm³/mol. The van der Waals surface area contributed by atoms with Crippen LogP contribution >= 0.6 is 0 Å². The molecule has 86 valence electrons. The Morgan fingerprint density at radius 2 is 2.20 bits per heavy atom. The first-order valence-electron chi connectivity index (χ1n) is 5.62. The molecule has 0 aliphatic heterocycles. The maximum Gasteiger partial charge on any atom is 0.0766 e. The van der Waals surface area contributed by atoms with Crippen LogP contribution in [0, 0.1) is 0 Å². The zero-order chi connectivity index (χ0) is 11.3. The molecule has 0 aliphatic rings. The topological polar surface area (TPSA) is 53.1 Å². The molecule has 0 saturated carbocycles. The average Bonchev–Trinajstić information content (AvgIpc) is 2.73. The summed E-state index contributed by atoms with van der Waals surface area (Å²) >= 11 is 0. The first-order valence-corrected chi connectivity index (χ1v) is 5.62. The summed E-state index contributed by atoms with van der Waals surface area (Å²) in [4.78, 5) is 0. The van der Waals surface area contributed by atoms with Crippen LogP contribution in [0.3, 0.4) is 0 Å². The molecule has 1 aromatic rings. The van der Waals surface area contributed by atoms with Crippen LogP contribution in [0.25, 0.3) is 0 Å². The highest BCUT2D eigenvalue weighted by atomic mass is 16.5. The second-order valence-corrected chi connectivity index (χ2v) is 3.56. The molecule has 1 rings (SSSR count). The number of hydrogen-bond acceptors (Lipinski definition) is 3. The van der Waals surface area contributed by atoms with Crippen LogP contribution in [-0.2, 0) is 11.3 Å². The minimum Gasteiger partial charge on any atom is -0.377 e. The van der Waals surface area contributed by atoms with Gasteiger partial charge in [-0.25, -0.2) is 0 Å². The quantitative estimate of drug-likeness (QED) is 0.779. The smallest absolute Gasteiger partial charge is 0.0766 e. The average molecular weight is 211 g/mol. The summed E-state index contributed by atoms with van der Waals surface area (Å²) in [5, 5.41) is 4.21. The highest BCUT2D eigenvalue weighted by Gasteiger charge is 2.19. The Labute approximate surface area is 91.4 Å². The Hall–Kier alpha value is -0.870. The van der Waals surface area contributed by atoms with Gasteiger partial charge in [-0.15, -0.1) is 0 Å². The monoisotopic (exact) mass is 211 g/mol. The van der Waals surface area contributed by atoms with Crippen molar-refractivity contribution in [1.29, 1.82) is 0 Å². The lowest BCUT2D eigenvalue weighted by Gasteiger charge is -2.21. The maximum atomic E-state index is 6.13. The molecule has 0 bridgehead atoms. The number of ether oxygens (including phenoxy) is 1. The molecule has 4 heteroatoms. The van der Waals surface area contributed by atoms with Crippen LogP contribution < -0.4 is 5.73 Å². The van der Waals surface area contributed by atoms with Gasteiger partial charge in [0, 0.05) is 24.9 Å². The van der Waals surface area contributed by atoms with Gasteiger partial charge in [0.15, 0.2) is 0 Å². The Bertz CT molecular complexity index is 285. The van der Waals surface area contributed by atoms with E-state index in [-0.39, 0.29) is 12.1 Å². The van der Waals surface area contributed by atoms with Crippen LogP contribution in [-0.4, -0.2) is 22.5 Å². The Balaban J connectivity index is 2.68. The third-order valence-corrected chi connectivity index (χ3v) is 2.55. The minimum atomic E-state index is -0.0738. The molecule has 0 radical (unpaired) electrons.